The van der Waals surface area contributed by atoms with Gasteiger partial charge < -0.3 is 15.1 Å². The summed E-state index contributed by atoms with van der Waals surface area (Å²) in [6.45, 7) is 1.33. The van der Waals surface area contributed by atoms with Crippen molar-refractivity contribution >= 4 is 27.9 Å². The third-order valence-electron chi connectivity index (χ3n) is 3.74. The van der Waals surface area contributed by atoms with Crippen LogP contribution in [0, 0.1) is 11.6 Å². The van der Waals surface area contributed by atoms with Crippen molar-refractivity contribution in [1.82, 2.24) is 15.1 Å². The predicted octanol–water partition coefficient (Wildman–Crippen LogP) is 1.58. The van der Waals surface area contributed by atoms with Crippen LogP contribution in [0.5, 0.6) is 0 Å². The molecule has 0 saturated carbocycles. The molecule has 0 bridgehead atoms. The molecule has 0 aromatic heterocycles. The second kappa shape index (κ2) is 5.25. The topological polar surface area (TPSA) is 52.7 Å². The van der Waals surface area contributed by atoms with Gasteiger partial charge >= 0.3 is 6.03 Å². The number of rotatable bonds is 1. The zero-order valence-corrected chi connectivity index (χ0v) is 12.5. The van der Waals surface area contributed by atoms with Gasteiger partial charge in [0.2, 0.25) is 0 Å². The van der Waals surface area contributed by atoms with Gasteiger partial charge in [-0.05, 0) is 12.1 Å². The summed E-state index contributed by atoms with van der Waals surface area (Å²) < 4.78 is 27.9. The molecule has 2 fully saturated rings. The quantitative estimate of drug-likeness (QED) is 0.827. The maximum absolute atomic E-state index is 13.9. The van der Waals surface area contributed by atoms with Gasteiger partial charge in [0, 0.05) is 30.7 Å². The average Bonchev–Trinajstić information content (AvgIpc) is 2.78. The Bertz CT molecular complexity index is 602. The van der Waals surface area contributed by atoms with E-state index < -0.39 is 23.1 Å². The van der Waals surface area contributed by atoms with Gasteiger partial charge in [0.05, 0.1) is 6.04 Å². The fourth-order valence-electron chi connectivity index (χ4n) is 2.69. The molecule has 0 aliphatic carbocycles. The number of hydrogen-bond donors (Lipinski definition) is 1. The standard InChI is InChI=1S/C13H12BrF2N3O2/c14-7-3-9(15)11(10(16)4-7)12(20)18-1-2-19-8(6-18)5-17-13(19)21/h3-4,8H,1-2,5-6H2,(H,17,21). The van der Waals surface area contributed by atoms with Gasteiger partial charge in [0.1, 0.15) is 17.2 Å². The van der Waals surface area contributed by atoms with Gasteiger partial charge in [-0.15, -0.1) is 0 Å². The van der Waals surface area contributed by atoms with E-state index in [2.05, 4.69) is 21.2 Å². The van der Waals surface area contributed by atoms with Crippen LogP contribution in [-0.2, 0) is 0 Å². The Labute approximate surface area is 128 Å². The molecule has 3 amide bonds. The number of piperazine rings is 1. The lowest BCUT2D eigenvalue weighted by Gasteiger charge is -2.36. The van der Waals surface area contributed by atoms with Gasteiger partial charge in [-0.1, -0.05) is 15.9 Å². The van der Waals surface area contributed by atoms with Crippen molar-refractivity contribution in [1.29, 1.82) is 0 Å². The third kappa shape index (κ3) is 2.48. The number of carbonyl (C=O) groups excluding carboxylic acids is 2. The summed E-state index contributed by atoms with van der Waals surface area (Å²) in [5, 5.41) is 2.69. The van der Waals surface area contributed by atoms with Crippen LogP contribution in [0.2, 0.25) is 0 Å². The van der Waals surface area contributed by atoms with E-state index in [1.165, 1.54) is 4.90 Å². The lowest BCUT2D eigenvalue weighted by atomic mass is 10.1. The monoisotopic (exact) mass is 359 g/mol. The highest BCUT2D eigenvalue weighted by atomic mass is 79.9. The molecule has 21 heavy (non-hydrogen) atoms. The highest BCUT2D eigenvalue weighted by Gasteiger charge is 2.38. The SMILES string of the molecule is O=C(c1c(F)cc(Br)cc1F)N1CCN2C(=O)NCC2C1. The molecule has 1 aromatic rings. The fourth-order valence-corrected chi connectivity index (χ4v) is 3.10. The number of halogens is 3. The predicted molar refractivity (Wildman–Crippen MR) is 73.9 cm³/mol. The van der Waals surface area contributed by atoms with Crippen molar-refractivity contribution in [3.05, 3.63) is 33.8 Å². The summed E-state index contributed by atoms with van der Waals surface area (Å²) in [5.41, 5.74) is -0.552. The van der Waals surface area contributed by atoms with E-state index in [-0.39, 0.29) is 29.6 Å². The Morgan fingerprint density at radius 1 is 1.29 bits per heavy atom. The molecule has 1 atom stereocenters. The lowest BCUT2D eigenvalue weighted by Crippen LogP contribution is -2.54. The van der Waals surface area contributed by atoms with Crippen molar-refractivity contribution in [2.75, 3.05) is 26.2 Å². The molecular formula is C13H12BrF2N3O2. The number of benzene rings is 1. The minimum atomic E-state index is -0.894. The zero-order valence-electron chi connectivity index (χ0n) is 10.9. The van der Waals surface area contributed by atoms with E-state index in [1.807, 2.05) is 0 Å². The summed E-state index contributed by atoms with van der Waals surface area (Å²) in [7, 11) is 0. The van der Waals surface area contributed by atoms with Crippen molar-refractivity contribution in [3.8, 4) is 0 Å². The molecule has 112 valence electrons. The Morgan fingerprint density at radius 2 is 1.95 bits per heavy atom. The van der Waals surface area contributed by atoms with Crippen LogP contribution in [0.1, 0.15) is 10.4 Å². The molecule has 2 saturated heterocycles. The molecule has 2 aliphatic rings. The Kier molecular flexibility index (Phi) is 3.56. The van der Waals surface area contributed by atoms with Gasteiger partial charge in [-0.25, -0.2) is 13.6 Å². The molecular weight excluding hydrogens is 348 g/mol. The fraction of sp³-hybridized carbons (Fsp3) is 0.385. The van der Waals surface area contributed by atoms with E-state index in [4.69, 9.17) is 0 Å². The molecule has 5 nitrogen and oxygen atoms in total. The van der Waals surface area contributed by atoms with Crippen molar-refractivity contribution in [2.45, 2.75) is 6.04 Å². The molecule has 1 aromatic carbocycles. The molecule has 1 unspecified atom stereocenters. The first-order chi connectivity index (χ1) is 9.97. The number of amides is 3. The largest absolute Gasteiger partial charge is 0.336 e. The maximum Gasteiger partial charge on any atom is 0.317 e. The lowest BCUT2D eigenvalue weighted by molar-refractivity contribution is 0.0607. The van der Waals surface area contributed by atoms with Crippen molar-refractivity contribution in [2.24, 2.45) is 0 Å². The minimum absolute atomic E-state index is 0.142. The third-order valence-corrected chi connectivity index (χ3v) is 4.20. The molecule has 8 heteroatoms. The molecule has 2 heterocycles. The van der Waals surface area contributed by atoms with E-state index in [9.17, 15) is 18.4 Å². The number of nitrogens with one attached hydrogen (secondary N) is 1. The molecule has 2 aliphatic heterocycles. The highest BCUT2D eigenvalue weighted by molar-refractivity contribution is 9.10. The first kappa shape index (κ1) is 14.2. The summed E-state index contributed by atoms with van der Waals surface area (Å²) in [4.78, 5) is 26.8. The summed E-state index contributed by atoms with van der Waals surface area (Å²) in [6.07, 6.45) is 0. The van der Waals surface area contributed by atoms with E-state index in [0.717, 1.165) is 12.1 Å². The molecule has 1 N–H and O–H groups in total. The van der Waals surface area contributed by atoms with Gasteiger partial charge in [-0.3, -0.25) is 4.79 Å². The van der Waals surface area contributed by atoms with Crippen LogP contribution >= 0.6 is 15.9 Å². The zero-order chi connectivity index (χ0) is 15.1. The van der Waals surface area contributed by atoms with Crippen LogP contribution in [0.4, 0.5) is 13.6 Å². The maximum atomic E-state index is 13.9. The normalized spacial score (nSPS) is 21.3. The number of urea groups is 1. The van der Waals surface area contributed by atoms with E-state index >= 15 is 0 Å². The van der Waals surface area contributed by atoms with Crippen LogP contribution in [0.15, 0.2) is 16.6 Å². The van der Waals surface area contributed by atoms with Crippen LogP contribution in [-0.4, -0.2) is 54.0 Å². The Hall–Kier alpha value is -1.70. The Morgan fingerprint density at radius 3 is 2.62 bits per heavy atom. The number of hydrogen-bond acceptors (Lipinski definition) is 2. The number of nitrogens with zero attached hydrogens (tertiary/aromatic N) is 2. The summed E-state index contributed by atoms with van der Waals surface area (Å²) in [5.74, 6) is -2.47. The van der Waals surface area contributed by atoms with Crippen LogP contribution in [0.3, 0.4) is 0 Å². The second-order valence-electron chi connectivity index (χ2n) is 5.03. The molecule has 0 radical (unpaired) electrons. The molecule has 3 rings (SSSR count). The number of fused-ring (bicyclic) bond motifs is 1. The second-order valence-corrected chi connectivity index (χ2v) is 5.94. The summed E-state index contributed by atoms with van der Waals surface area (Å²) in [6, 6.07) is 1.82. The van der Waals surface area contributed by atoms with Crippen molar-refractivity contribution in [3.63, 3.8) is 0 Å². The number of carbonyl (C=O) groups is 2. The van der Waals surface area contributed by atoms with E-state index in [0.29, 0.717) is 13.1 Å². The van der Waals surface area contributed by atoms with Crippen LogP contribution in [0.25, 0.3) is 0 Å². The first-order valence-electron chi connectivity index (χ1n) is 6.45. The molecule has 0 spiro atoms. The van der Waals surface area contributed by atoms with Crippen LogP contribution < -0.4 is 5.32 Å². The Balaban J connectivity index is 1.82. The van der Waals surface area contributed by atoms with Gasteiger partial charge in [0.15, 0.2) is 0 Å². The van der Waals surface area contributed by atoms with Gasteiger partial charge in [-0.2, -0.15) is 0 Å². The van der Waals surface area contributed by atoms with E-state index in [1.54, 1.807) is 4.90 Å². The van der Waals surface area contributed by atoms with Gasteiger partial charge in [0.25, 0.3) is 5.91 Å². The summed E-state index contributed by atoms with van der Waals surface area (Å²) >= 11 is 2.98. The smallest absolute Gasteiger partial charge is 0.317 e. The van der Waals surface area contributed by atoms with Crippen molar-refractivity contribution < 1.29 is 18.4 Å². The highest BCUT2D eigenvalue weighted by Crippen LogP contribution is 2.23. The average molecular weight is 360 g/mol. The first-order valence-corrected chi connectivity index (χ1v) is 7.25. The minimum Gasteiger partial charge on any atom is -0.336 e.